The molecule has 1 saturated heterocycles. The highest BCUT2D eigenvalue weighted by atomic mass is 127. The third-order valence-corrected chi connectivity index (χ3v) is 6.04. The van der Waals surface area contributed by atoms with Gasteiger partial charge in [0.25, 0.3) is 0 Å². The summed E-state index contributed by atoms with van der Waals surface area (Å²) in [5.41, 5.74) is 0. The summed E-state index contributed by atoms with van der Waals surface area (Å²) >= 11 is 4.18. The van der Waals surface area contributed by atoms with E-state index in [2.05, 4.69) is 54.9 Å². The minimum absolute atomic E-state index is 0.180. The second kappa shape index (κ2) is 8.25. The van der Waals surface area contributed by atoms with E-state index in [4.69, 9.17) is 0 Å². The maximum absolute atomic E-state index is 9.56. The summed E-state index contributed by atoms with van der Waals surface area (Å²) in [6.07, 6.45) is 5.96. The Morgan fingerprint density at radius 2 is 2.26 bits per heavy atom. The van der Waals surface area contributed by atoms with E-state index in [1.807, 2.05) is 17.4 Å². The van der Waals surface area contributed by atoms with E-state index in [9.17, 15) is 5.11 Å². The lowest BCUT2D eigenvalue weighted by Crippen LogP contribution is -2.42. The molecule has 23 heavy (non-hydrogen) atoms. The van der Waals surface area contributed by atoms with Crippen molar-refractivity contribution in [2.75, 3.05) is 29.9 Å². The van der Waals surface area contributed by atoms with Crippen LogP contribution in [0.15, 0.2) is 24.5 Å². The normalized spacial score (nSPS) is 18.2. The smallest absolute Gasteiger partial charge is 0.134 e. The number of halogens is 1. The molecular weight excluding hydrogens is 423 g/mol. The topological polar surface area (TPSA) is 61.3 Å². The molecule has 0 radical (unpaired) electrons. The SMILES string of the molecule is OCC1CCCCN1c1cc(NCCc2ccc(I)s2)ncn1. The molecule has 0 aromatic carbocycles. The number of hydrogen-bond donors (Lipinski definition) is 2. The zero-order chi connectivity index (χ0) is 16.1. The average Bonchev–Trinajstić information content (AvgIpc) is 3.00. The third-order valence-electron chi connectivity index (χ3n) is 4.09. The number of aromatic nitrogens is 2. The van der Waals surface area contributed by atoms with Gasteiger partial charge in [0, 0.05) is 24.0 Å². The van der Waals surface area contributed by atoms with Crippen LogP contribution in [-0.2, 0) is 6.42 Å². The number of aliphatic hydroxyl groups excluding tert-OH is 1. The maximum atomic E-state index is 9.56. The number of thiophene rings is 1. The van der Waals surface area contributed by atoms with Crippen molar-refractivity contribution >= 4 is 45.6 Å². The zero-order valence-electron chi connectivity index (χ0n) is 12.9. The van der Waals surface area contributed by atoms with Crippen LogP contribution in [0.2, 0.25) is 0 Å². The summed E-state index contributed by atoms with van der Waals surface area (Å²) < 4.78 is 1.32. The first-order chi connectivity index (χ1) is 11.3. The fourth-order valence-electron chi connectivity index (χ4n) is 2.89. The lowest BCUT2D eigenvalue weighted by Gasteiger charge is -2.35. The Labute approximate surface area is 154 Å². The summed E-state index contributed by atoms with van der Waals surface area (Å²) in [7, 11) is 0. The van der Waals surface area contributed by atoms with Gasteiger partial charge in [-0.05, 0) is 60.4 Å². The quantitative estimate of drug-likeness (QED) is 0.671. The Balaban J connectivity index is 1.60. The number of nitrogens with one attached hydrogen (secondary N) is 1. The van der Waals surface area contributed by atoms with Gasteiger partial charge in [-0.15, -0.1) is 11.3 Å². The number of anilines is 2. The van der Waals surface area contributed by atoms with Gasteiger partial charge in [-0.1, -0.05) is 0 Å². The molecular formula is C16H21IN4OS. The van der Waals surface area contributed by atoms with Crippen LogP contribution in [-0.4, -0.2) is 40.8 Å². The molecule has 3 heterocycles. The van der Waals surface area contributed by atoms with Gasteiger partial charge >= 0.3 is 0 Å². The van der Waals surface area contributed by atoms with E-state index in [0.717, 1.165) is 44.0 Å². The van der Waals surface area contributed by atoms with Crippen LogP contribution in [0.25, 0.3) is 0 Å². The number of hydrogen-bond acceptors (Lipinski definition) is 6. The number of piperidine rings is 1. The van der Waals surface area contributed by atoms with Gasteiger partial charge in [-0.2, -0.15) is 0 Å². The Hall–Kier alpha value is -0.930. The van der Waals surface area contributed by atoms with Gasteiger partial charge < -0.3 is 15.3 Å². The van der Waals surface area contributed by atoms with E-state index in [-0.39, 0.29) is 12.6 Å². The molecule has 5 nitrogen and oxygen atoms in total. The second-order valence-electron chi connectivity index (χ2n) is 5.67. The molecule has 1 aliphatic rings. The first kappa shape index (κ1) is 16.9. The van der Waals surface area contributed by atoms with Crippen molar-refractivity contribution in [2.45, 2.75) is 31.7 Å². The van der Waals surface area contributed by atoms with E-state index in [1.54, 1.807) is 6.33 Å². The monoisotopic (exact) mass is 444 g/mol. The van der Waals surface area contributed by atoms with Crippen LogP contribution < -0.4 is 10.2 Å². The number of aliphatic hydroxyl groups is 1. The highest BCUT2D eigenvalue weighted by Crippen LogP contribution is 2.24. The molecule has 1 fully saturated rings. The van der Waals surface area contributed by atoms with Crippen LogP contribution in [0.5, 0.6) is 0 Å². The number of rotatable bonds is 6. The van der Waals surface area contributed by atoms with Crippen molar-refractivity contribution in [3.63, 3.8) is 0 Å². The van der Waals surface area contributed by atoms with Crippen LogP contribution in [0.3, 0.4) is 0 Å². The molecule has 0 aliphatic carbocycles. The van der Waals surface area contributed by atoms with Crippen LogP contribution in [0.1, 0.15) is 24.1 Å². The highest BCUT2D eigenvalue weighted by Gasteiger charge is 2.23. The molecule has 0 bridgehead atoms. The molecule has 3 rings (SSSR count). The summed E-state index contributed by atoms with van der Waals surface area (Å²) in [6, 6.07) is 6.50. The van der Waals surface area contributed by atoms with Gasteiger partial charge in [-0.3, -0.25) is 0 Å². The second-order valence-corrected chi connectivity index (χ2v) is 8.73. The predicted molar refractivity (Wildman–Crippen MR) is 103 cm³/mol. The molecule has 124 valence electrons. The standard InChI is InChI=1S/C16H21IN4OS/c17-14-5-4-13(23-14)6-7-18-15-9-16(20-11-19-15)21-8-2-1-3-12(21)10-22/h4-5,9,11-12,22H,1-3,6-8,10H2,(H,18,19,20). The predicted octanol–water partition coefficient (Wildman–Crippen LogP) is 3.15. The first-order valence-corrected chi connectivity index (χ1v) is 9.83. The molecule has 1 aliphatic heterocycles. The number of nitrogens with zero attached hydrogens (tertiary/aromatic N) is 3. The molecule has 0 amide bonds. The summed E-state index contributed by atoms with van der Waals surface area (Å²) in [4.78, 5) is 12.3. The summed E-state index contributed by atoms with van der Waals surface area (Å²) in [6.45, 7) is 2.00. The van der Waals surface area contributed by atoms with Crippen LogP contribution >= 0.6 is 33.9 Å². The summed E-state index contributed by atoms with van der Waals surface area (Å²) in [5.74, 6) is 1.76. The van der Waals surface area contributed by atoms with Crippen molar-refractivity contribution in [1.82, 2.24) is 9.97 Å². The van der Waals surface area contributed by atoms with Crippen molar-refractivity contribution < 1.29 is 5.11 Å². The zero-order valence-corrected chi connectivity index (χ0v) is 15.9. The highest BCUT2D eigenvalue weighted by molar-refractivity contribution is 14.1. The molecule has 1 atom stereocenters. The molecule has 2 aromatic rings. The largest absolute Gasteiger partial charge is 0.394 e. The summed E-state index contributed by atoms with van der Waals surface area (Å²) in [5, 5.41) is 12.9. The van der Waals surface area contributed by atoms with Gasteiger partial charge in [0.15, 0.2) is 0 Å². The maximum Gasteiger partial charge on any atom is 0.134 e. The average molecular weight is 444 g/mol. The third kappa shape index (κ3) is 4.54. The first-order valence-electron chi connectivity index (χ1n) is 7.94. The Kier molecular flexibility index (Phi) is 6.07. The van der Waals surface area contributed by atoms with Crippen molar-refractivity contribution in [3.05, 3.63) is 32.3 Å². The van der Waals surface area contributed by atoms with Gasteiger partial charge in [0.1, 0.15) is 18.0 Å². The van der Waals surface area contributed by atoms with Crippen molar-refractivity contribution in [3.8, 4) is 0 Å². The molecule has 7 heteroatoms. The van der Waals surface area contributed by atoms with E-state index < -0.39 is 0 Å². The van der Waals surface area contributed by atoms with Crippen LogP contribution in [0, 0.1) is 2.88 Å². The lowest BCUT2D eigenvalue weighted by atomic mass is 10.0. The molecule has 2 N–H and O–H groups in total. The van der Waals surface area contributed by atoms with Gasteiger partial charge in [-0.25, -0.2) is 9.97 Å². The molecule has 1 unspecified atom stereocenters. The van der Waals surface area contributed by atoms with Gasteiger partial charge in [0.2, 0.25) is 0 Å². The molecule has 0 spiro atoms. The van der Waals surface area contributed by atoms with Crippen molar-refractivity contribution in [2.24, 2.45) is 0 Å². The van der Waals surface area contributed by atoms with E-state index in [0.29, 0.717) is 0 Å². The Morgan fingerprint density at radius 1 is 1.35 bits per heavy atom. The van der Waals surface area contributed by atoms with E-state index in [1.165, 1.54) is 14.2 Å². The minimum atomic E-state index is 0.180. The lowest BCUT2D eigenvalue weighted by molar-refractivity contribution is 0.239. The fourth-order valence-corrected chi connectivity index (χ4v) is 4.65. The van der Waals surface area contributed by atoms with Crippen LogP contribution in [0.4, 0.5) is 11.6 Å². The minimum Gasteiger partial charge on any atom is -0.394 e. The van der Waals surface area contributed by atoms with Crippen molar-refractivity contribution in [1.29, 1.82) is 0 Å². The molecule has 0 saturated carbocycles. The Bertz CT molecular complexity index is 636. The van der Waals surface area contributed by atoms with Gasteiger partial charge in [0.05, 0.1) is 15.5 Å². The Morgan fingerprint density at radius 3 is 3.04 bits per heavy atom. The fraction of sp³-hybridized carbons (Fsp3) is 0.500. The van der Waals surface area contributed by atoms with E-state index >= 15 is 0 Å². The molecule has 2 aromatic heterocycles.